The molecule has 2 aliphatic rings. The average molecular weight is 350 g/mol. The molecule has 0 radical (unpaired) electrons. The van der Waals surface area contributed by atoms with E-state index in [1.807, 2.05) is 7.05 Å². The van der Waals surface area contributed by atoms with Crippen molar-refractivity contribution >= 4 is 17.0 Å². The van der Waals surface area contributed by atoms with Crippen molar-refractivity contribution in [2.24, 2.45) is 4.99 Å². The Morgan fingerprint density at radius 3 is 2.23 bits per heavy atom. The smallest absolute Gasteiger partial charge is 0.0677 e. The molecule has 0 amide bonds. The number of hydrogen-bond donors (Lipinski definition) is 0. The van der Waals surface area contributed by atoms with E-state index < -0.39 is 0 Å². The van der Waals surface area contributed by atoms with Crippen LogP contribution in [0.1, 0.15) is 33.3 Å². The maximum atomic E-state index is 4.55. The molecule has 0 atom stereocenters. The van der Waals surface area contributed by atoms with Gasteiger partial charge in [-0.25, -0.2) is 0 Å². The van der Waals surface area contributed by atoms with Crippen LogP contribution in [0.5, 0.6) is 0 Å². The third-order valence-corrected chi connectivity index (χ3v) is 5.68. The van der Waals surface area contributed by atoms with Gasteiger partial charge >= 0.3 is 0 Å². The summed E-state index contributed by atoms with van der Waals surface area (Å²) in [5.41, 5.74) is 8.80. The first-order valence-electron chi connectivity index (χ1n) is 9.70. The average Bonchev–Trinajstić information content (AvgIpc) is 2.69. The molecule has 0 N–H and O–H groups in total. The summed E-state index contributed by atoms with van der Waals surface area (Å²) in [5, 5.41) is 0. The highest BCUT2D eigenvalue weighted by atomic mass is 15.3. The van der Waals surface area contributed by atoms with Gasteiger partial charge in [0.1, 0.15) is 0 Å². The van der Waals surface area contributed by atoms with E-state index in [-0.39, 0.29) is 0 Å². The molecule has 26 heavy (non-hydrogen) atoms. The van der Waals surface area contributed by atoms with Gasteiger partial charge in [-0.1, -0.05) is 31.2 Å². The zero-order chi connectivity index (χ0) is 18.7. The predicted molar refractivity (Wildman–Crippen MR) is 114 cm³/mol. The summed E-state index contributed by atoms with van der Waals surface area (Å²) in [6.07, 6.45) is 4.46. The number of piperazine rings is 1. The van der Waals surface area contributed by atoms with Gasteiger partial charge < -0.3 is 9.80 Å². The van der Waals surface area contributed by atoms with Crippen LogP contribution in [-0.4, -0.2) is 50.4 Å². The van der Waals surface area contributed by atoms with Crippen LogP contribution in [0.3, 0.4) is 0 Å². The minimum absolute atomic E-state index is 1.11. The molecule has 1 fully saturated rings. The number of likely N-dealkylation sites (N-methyl/N-ethyl adjacent to an activating group) is 1. The van der Waals surface area contributed by atoms with Gasteiger partial charge in [0.15, 0.2) is 0 Å². The van der Waals surface area contributed by atoms with Crippen LogP contribution < -0.4 is 4.90 Å². The Morgan fingerprint density at radius 2 is 1.69 bits per heavy atom. The summed E-state index contributed by atoms with van der Waals surface area (Å²) in [6.45, 7) is 14.4. The highest BCUT2D eigenvalue weighted by Gasteiger charge is 2.20. The molecule has 0 spiro atoms. The Labute approximate surface area is 158 Å². The Bertz CT molecular complexity index is 770. The van der Waals surface area contributed by atoms with Crippen LogP contribution in [0.25, 0.3) is 5.57 Å². The summed E-state index contributed by atoms with van der Waals surface area (Å²) in [6, 6.07) is 9.07. The van der Waals surface area contributed by atoms with E-state index in [2.05, 4.69) is 78.9 Å². The summed E-state index contributed by atoms with van der Waals surface area (Å²) >= 11 is 0. The Kier molecular flexibility index (Phi) is 5.77. The van der Waals surface area contributed by atoms with Crippen molar-refractivity contribution in [3.63, 3.8) is 0 Å². The van der Waals surface area contributed by atoms with Crippen LogP contribution in [-0.2, 0) is 0 Å². The molecule has 3 rings (SSSR count). The lowest BCUT2D eigenvalue weighted by Gasteiger charge is -2.35. The monoisotopic (exact) mass is 349 g/mol. The largest absolute Gasteiger partial charge is 0.369 e. The predicted octanol–water partition coefficient (Wildman–Crippen LogP) is 4.58. The third kappa shape index (κ3) is 3.54. The summed E-state index contributed by atoms with van der Waals surface area (Å²) in [4.78, 5) is 9.56. The lowest BCUT2D eigenvalue weighted by Crippen LogP contribution is -2.46. The molecular weight excluding hydrogens is 318 g/mol. The molecule has 1 aromatic rings. The Hall–Kier alpha value is -2.13. The van der Waals surface area contributed by atoms with Crippen molar-refractivity contribution in [3.8, 4) is 0 Å². The molecule has 138 valence electrons. The number of rotatable bonds is 3. The van der Waals surface area contributed by atoms with Gasteiger partial charge in [-0.2, -0.15) is 0 Å². The van der Waals surface area contributed by atoms with Crippen molar-refractivity contribution < 1.29 is 0 Å². The van der Waals surface area contributed by atoms with Crippen LogP contribution >= 0.6 is 0 Å². The molecule has 3 nitrogen and oxygen atoms in total. The number of nitrogens with zero attached hydrogens (tertiary/aromatic N) is 3. The van der Waals surface area contributed by atoms with Crippen LogP contribution in [0.15, 0.2) is 58.1 Å². The number of aliphatic imine (C=N–C) groups is 1. The number of allylic oxidation sites excluding steroid dienone is 6. The van der Waals surface area contributed by atoms with E-state index in [1.54, 1.807) is 0 Å². The number of hydrogen-bond acceptors (Lipinski definition) is 3. The fourth-order valence-electron chi connectivity index (χ4n) is 4.05. The molecule has 0 bridgehead atoms. The summed E-state index contributed by atoms with van der Waals surface area (Å²) in [5.74, 6) is 0. The third-order valence-electron chi connectivity index (χ3n) is 5.68. The van der Waals surface area contributed by atoms with Gasteiger partial charge in [0.05, 0.1) is 5.71 Å². The van der Waals surface area contributed by atoms with Gasteiger partial charge in [0.2, 0.25) is 0 Å². The van der Waals surface area contributed by atoms with Crippen LogP contribution in [0.2, 0.25) is 0 Å². The van der Waals surface area contributed by atoms with E-state index in [0.717, 1.165) is 38.4 Å². The highest BCUT2D eigenvalue weighted by molar-refractivity contribution is 6.21. The fourth-order valence-corrected chi connectivity index (χ4v) is 4.05. The first kappa shape index (κ1) is 18.7. The molecule has 1 aliphatic carbocycles. The minimum Gasteiger partial charge on any atom is -0.369 e. The van der Waals surface area contributed by atoms with E-state index in [0.29, 0.717) is 0 Å². The van der Waals surface area contributed by atoms with E-state index >= 15 is 0 Å². The van der Waals surface area contributed by atoms with Crippen molar-refractivity contribution in [2.75, 3.05) is 44.7 Å². The fraction of sp³-hybridized carbons (Fsp3) is 0.435. The topological polar surface area (TPSA) is 18.8 Å². The van der Waals surface area contributed by atoms with E-state index in [4.69, 9.17) is 0 Å². The van der Waals surface area contributed by atoms with Crippen LogP contribution in [0.4, 0.5) is 5.69 Å². The van der Waals surface area contributed by atoms with E-state index in [9.17, 15) is 0 Å². The first-order chi connectivity index (χ1) is 12.6. The quantitative estimate of drug-likeness (QED) is 0.795. The zero-order valence-corrected chi connectivity index (χ0v) is 16.8. The van der Waals surface area contributed by atoms with E-state index in [1.165, 1.54) is 33.5 Å². The van der Waals surface area contributed by atoms with Crippen molar-refractivity contribution in [1.29, 1.82) is 0 Å². The maximum absolute atomic E-state index is 4.55. The molecular formula is C23H31N3. The lowest BCUT2D eigenvalue weighted by molar-refractivity contribution is 0.271. The summed E-state index contributed by atoms with van der Waals surface area (Å²) < 4.78 is 0. The second-order valence-electron chi connectivity index (χ2n) is 7.11. The van der Waals surface area contributed by atoms with Gasteiger partial charge in [-0.05, 0) is 67.3 Å². The second kappa shape index (κ2) is 8.05. The first-order valence-corrected chi connectivity index (χ1v) is 9.70. The Morgan fingerprint density at radius 1 is 1.04 bits per heavy atom. The number of anilines is 1. The Balaban J connectivity index is 1.85. The molecule has 1 heterocycles. The molecule has 3 heteroatoms. The standard InChI is InChI=1S/C23H31N3/c1-6-21-17(3)16-22(18(4)23(21)24-5)19-8-10-20(11-9-19)26-14-12-25(7-2)13-15-26/h6,8-11,16H,7,12-15H2,1-5H3/b21-6-,24-23?. The molecule has 1 saturated heterocycles. The second-order valence-corrected chi connectivity index (χ2v) is 7.11. The van der Waals surface area contributed by atoms with Gasteiger partial charge in [0, 0.05) is 38.9 Å². The van der Waals surface area contributed by atoms with Crippen molar-refractivity contribution in [1.82, 2.24) is 4.90 Å². The molecule has 1 aromatic carbocycles. The zero-order valence-electron chi connectivity index (χ0n) is 16.8. The number of benzene rings is 1. The van der Waals surface area contributed by atoms with Crippen molar-refractivity contribution in [3.05, 3.63) is 58.7 Å². The van der Waals surface area contributed by atoms with Crippen molar-refractivity contribution in [2.45, 2.75) is 27.7 Å². The maximum Gasteiger partial charge on any atom is 0.0677 e. The SMILES string of the molecule is C/C=C1/C(C)=CC(c2ccc(N3CCN(CC)CC3)cc2)=C(C)C1=NC. The van der Waals surface area contributed by atoms with Gasteiger partial charge in [0.25, 0.3) is 0 Å². The molecule has 0 unspecified atom stereocenters. The van der Waals surface area contributed by atoms with Gasteiger partial charge in [-0.3, -0.25) is 4.99 Å². The highest BCUT2D eigenvalue weighted by Crippen LogP contribution is 2.33. The molecule has 0 saturated carbocycles. The van der Waals surface area contributed by atoms with Crippen LogP contribution in [0, 0.1) is 0 Å². The van der Waals surface area contributed by atoms with Gasteiger partial charge in [-0.15, -0.1) is 0 Å². The lowest BCUT2D eigenvalue weighted by atomic mass is 9.84. The summed E-state index contributed by atoms with van der Waals surface area (Å²) in [7, 11) is 1.89. The molecule has 1 aliphatic heterocycles. The normalized spacial score (nSPS) is 22.3. The minimum atomic E-state index is 1.11. The molecule has 0 aromatic heterocycles.